The Labute approximate surface area is 220 Å². The molecule has 1 N–H and O–H groups in total. The van der Waals surface area contributed by atoms with Crippen LogP contribution < -0.4 is 9.47 Å². The number of ether oxygens (including phenoxy) is 3. The summed E-state index contributed by atoms with van der Waals surface area (Å²) in [5, 5.41) is 11.3. The average molecular weight is 510 g/mol. The number of carbonyl (C=O) groups excluding carboxylic acids is 2. The highest BCUT2D eigenvalue weighted by atomic mass is 16.5. The maximum atomic E-state index is 13.2. The van der Waals surface area contributed by atoms with Crippen LogP contribution in [0.15, 0.2) is 48.0 Å². The van der Waals surface area contributed by atoms with Crippen molar-refractivity contribution in [3.8, 4) is 11.5 Å². The monoisotopic (exact) mass is 509 g/mol. The van der Waals surface area contributed by atoms with Gasteiger partial charge < -0.3 is 24.2 Å². The molecule has 0 saturated carbocycles. The van der Waals surface area contributed by atoms with Crippen LogP contribution in [0.2, 0.25) is 0 Å². The lowest BCUT2D eigenvalue weighted by atomic mass is 9.94. The first-order chi connectivity index (χ1) is 17.8. The minimum atomic E-state index is -0.710. The van der Waals surface area contributed by atoms with Gasteiger partial charge in [0.05, 0.1) is 24.3 Å². The van der Waals surface area contributed by atoms with Crippen LogP contribution in [0.4, 0.5) is 0 Å². The molecule has 0 aliphatic carbocycles. The van der Waals surface area contributed by atoms with E-state index in [0.717, 1.165) is 36.1 Å². The normalized spacial score (nSPS) is 17.0. The third-order valence-corrected chi connectivity index (χ3v) is 6.31. The first-order valence-electron chi connectivity index (χ1n) is 13.1. The summed E-state index contributed by atoms with van der Waals surface area (Å²) in [6.45, 7) is 9.34. The Kier molecular flexibility index (Phi) is 10.1. The molecule has 200 valence electrons. The van der Waals surface area contributed by atoms with Crippen molar-refractivity contribution in [3.63, 3.8) is 0 Å². The molecule has 1 atom stereocenters. The van der Waals surface area contributed by atoms with Gasteiger partial charge in [-0.25, -0.2) is 0 Å². The summed E-state index contributed by atoms with van der Waals surface area (Å²) >= 11 is 0. The van der Waals surface area contributed by atoms with Gasteiger partial charge in [-0.05, 0) is 75.1 Å². The van der Waals surface area contributed by atoms with Gasteiger partial charge >= 0.3 is 0 Å². The minimum Gasteiger partial charge on any atom is -0.507 e. The number of methoxy groups -OCH3 is 1. The number of Topliss-reactive ketones (excluding diaryl/α,β-unsaturated/α-hetero) is 1. The first kappa shape index (κ1) is 28.3. The molecular formula is C30H39NO6. The van der Waals surface area contributed by atoms with Gasteiger partial charge in [-0.3, -0.25) is 9.59 Å². The largest absolute Gasteiger partial charge is 0.507 e. The van der Waals surface area contributed by atoms with Crippen molar-refractivity contribution in [3.05, 3.63) is 64.7 Å². The number of ketones is 1. The smallest absolute Gasteiger partial charge is 0.295 e. The van der Waals surface area contributed by atoms with Crippen molar-refractivity contribution in [1.82, 2.24) is 4.90 Å². The van der Waals surface area contributed by atoms with Gasteiger partial charge in [-0.1, -0.05) is 31.9 Å². The molecule has 1 aliphatic rings. The Balaban J connectivity index is 1.99. The maximum Gasteiger partial charge on any atom is 0.295 e. The lowest BCUT2D eigenvalue weighted by Gasteiger charge is -2.25. The van der Waals surface area contributed by atoms with Crippen molar-refractivity contribution < 1.29 is 28.9 Å². The number of nitrogens with zero attached hydrogens (tertiary/aromatic N) is 1. The second-order valence-corrected chi connectivity index (χ2v) is 9.61. The SMILES string of the molecule is CCCCCOc1ccc(C2/C(=C(\O)c3ccc(OC(C)C)c(C)c3)C(=O)C(=O)N2CCCOC)cc1. The van der Waals surface area contributed by atoms with Crippen LogP contribution in [0.25, 0.3) is 5.76 Å². The van der Waals surface area contributed by atoms with Gasteiger partial charge in [0.1, 0.15) is 17.3 Å². The summed E-state index contributed by atoms with van der Waals surface area (Å²) < 4.78 is 16.8. The van der Waals surface area contributed by atoms with E-state index >= 15 is 0 Å². The molecule has 37 heavy (non-hydrogen) atoms. The number of benzene rings is 2. The van der Waals surface area contributed by atoms with Crippen LogP contribution in [0.5, 0.6) is 11.5 Å². The fourth-order valence-electron chi connectivity index (χ4n) is 4.46. The van der Waals surface area contributed by atoms with E-state index < -0.39 is 17.7 Å². The molecule has 1 saturated heterocycles. The molecule has 1 heterocycles. The standard InChI is InChI=1S/C30H39NO6/c1-6-7-8-18-36-24-13-10-22(11-14-24)27-26(29(33)30(34)31(27)16-9-17-35-5)28(32)23-12-15-25(21(4)19-23)37-20(2)3/h10-15,19-20,27,32H,6-9,16-18H2,1-5H3/b28-26+. The van der Waals surface area contributed by atoms with Gasteiger partial charge in [0.15, 0.2) is 0 Å². The van der Waals surface area contributed by atoms with Crippen LogP contribution in [0, 0.1) is 6.92 Å². The van der Waals surface area contributed by atoms with Gasteiger partial charge in [0, 0.05) is 25.8 Å². The van der Waals surface area contributed by atoms with Crippen LogP contribution in [0.1, 0.15) is 69.2 Å². The van der Waals surface area contributed by atoms with E-state index in [1.807, 2.05) is 45.0 Å². The highest BCUT2D eigenvalue weighted by Crippen LogP contribution is 2.40. The van der Waals surface area contributed by atoms with Gasteiger partial charge in [0.25, 0.3) is 11.7 Å². The third-order valence-electron chi connectivity index (χ3n) is 6.31. The summed E-state index contributed by atoms with van der Waals surface area (Å²) in [5.74, 6) is -0.0825. The fraction of sp³-hybridized carbons (Fsp3) is 0.467. The Bertz CT molecular complexity index is 1110. The van der Waals surface area contributed by atoms with E-state index in [2.05, 4.69) is 6.92 Å². The van der Waals surface area contributed by atoms with E-state index in [9.17, 15) is 14.7 Å². The van der Waals surface area contributed by atoms with E-state index in [0.29, 0.717) is 37.5 Å². The van der Waals surface area contributed by atoms with E-state index in [1.165, 1.54) is 4.90 Å². The van der Waals surface area contributed by atoms with Crippen LogP contribution >= 0.6 is 0 Å². The Morgan fingerprint density at radius 3 is 2.38 bits per heavy atom. The van der Waals surface area contributed by atoms with Gasteiger partial charge in [-0.2, -0.15) is 0 Å². The summed E-state index contributed by atoms with van der Waals surface area (Å²) in [7, 11) is 1.60. The van der Waals surface area contributed by atoms with Crippen molar-refractivity contribution in [2.75, 3.05) is 26.9 Å². The first-order valence-corrected chi connectivity index (χ1v) is 13.1. The number of unbranched alkanes of at least 4 members (excludes halogenated alkanes) is 2. The molecule has 7 nitrogen and oxygen atoms in total. The third kappa shape index (κ3) is 6.92. The zero-order valence-corrected chi connectivity index (χ0v) is 22.6. The zero-order valence-electron chi connectivity index (χ0n) is 22.6. The number of aliphatic hydroxyl groups is 1. The topological polar surface area (TPSA) is 85.3 Å². The summed E-state index contributed by atoms with van der Waals surface area (Å²) in [6.07, 6.45) is 3.79. The van der Waals surface area contributed by atoms with E-state index in [1.54, 1.807) is 25.3 Å². The van der Waals surface area contributed by atoms with Gasteiger partial charge in [0.2, 0.25) is 0 Å². The lowest BCUT2D eigenvalue weighted by Crippen LogP contribution is -2.31. The molecule has 1 aliphatic heterocycles. The summed E-state index contributed by atoms with van der Waals surface area (Å²) in [5.41, 5.74) is 2.10. The Hall–Kier alpha value is -3.32. The van der Waals surface area contributed by atoms with E-state index in [-0.39, 0.29) is 17.4 Å². The molecule has 3 rings (SSSR count). The number of hydrogen-bond donors (Lipinski definition) is 1. The maximum absolute atomic E-state index is 13.2. The highest BCUT2D eigenvalue weighted by Gasteiger charge is 2.45. The second kappa shape index (κ2) is 13.3. The summed E-state index contributed by atoms with van der Waals surface area (Å²) in [6, 6.07) is 12.0. The molecule has 1 fully saturated rings. The number of likely N-dealkylation sites (tertiary alicyclic amines) is 1. The molecule has 7 heteroatoms. The van der Waals surface area contributed by atoms with Crippen LogP contribution in [-0.2, 0) is 14.3 Å². The number of carbonyl (C=O) groups is 2. The predicted octanol–water partition coefficient (Wildman–Crippen LogP) is 5.81. The average Bonchev–Trinajstić information content (AvgIpc) is 3.13. The fourth-order valence-corrected chi connectivity index (χ4v) is 4.46. The molecule has 1 unspecified atom stereocenters. The highest BCUT2D eigenvalue weighted by molar-refractivity contribution is 6.46. The van der Waals surface area contributed by atoms with Crippen molar-refractivity contribution in [2.45, 2.75) is 65.5 Å². The number of rotatable bonds is 13. The molecule has 0 aromatic heterocycles. The Morgan fingerprint density at radius 1 is 1.03 bits per heavy atom. The van der Waals surface area contributed by atoms with Crippen molar-refractivity contribution in [2.24, 2.45) is 0 Å². The molecule has 1 amide bonds. The minimum absolute atomic E-state index is 0.00849. The molecule has 0 radical (unpaired) electrons. The molecule has 2 aromatic rings. The number of aliphatic hydroxyl groups excluding tert-OH is 1. The van der Waals surface area contributed by atoms with Crippen LogP contribution in [-0.4, -0.2) is 54.7 Å². The second-order valence-electron chi connectivity index (χ2n) is 9.61. The molecule has 2 aromatic carbocycles. The van der Waals surface area contributed by atoms with Crippen molar-refractivity contribution >= 4 is 17.4 Å². The zero-order chi connectivity index (χ0) is 26.9. The number of hydrogen-bond acceptors (Lipinski definition) is 6. The lowest BCUT2D eigenvalue weighted by molar-refractivity contribution is -0.140. The van der Waals surface area contributed by atoms with Crippen LogP contribution in [0.3, 0.4) is 0 Å². The molecular weight excluding hydrogens is 470 g/mol. The number of aryl methyl sites for hydroxylation is 1. The van der Waals surface area contributed by atoms with Crippen molar-refractivity contribution in [1.29, 1.82) is 0 Å². The van der Waals surface area contributed by atoms with E-state index in [4.69, 9.17) is 14.2 Å². The Morgan fingerprint density at radius 2 is 1.76 bits per heavy atom. The van der Waals surface area contributed by atoms with Gasteiger partial charge in [-0.15, -0.1) is 0 Å². The molecule has 0 spiro atoms. The quantitative estimate of drug-likeness (QED) is 0.159. The molecule has 0 bridgehead atoms. The predicted molar refractivity (Wildman–Crippen MR) is 144 cm³/mol. The summed E-state index contributed by atoms with van der Waals surface area (Å²) in [4.78, 5) is 27.8. The number of amides is 1.